The van der Waals surface area contributed by atoms with Crippen LogP contribution in [-0.4, -0.2) is 31.7 Å². The Morgan fingerprint density at radius 2 is 2.17 bits per heavy atom. The number of amides is 1. The van der Waals surface area contributed by atoms with Crippen molar-refractivity contribution in [2.24, 2.45) is 0 Å². The number of nitrogens with one attached hydrogen (secondary N) is 2. The highest BCUT2D eigenvalue weighted by molar-refractivity contribution is 6.39. The second kappa shape index (κ2) is 6.38. The first kappa shape index (κ1) is 13.6. The molecule has 1 saturated heterocycles. The normalized spacial score (nSPS) is 19.6. The summed E-state index contributed by atoms with van der Waals surface area (Å²) in [6.07, 6.45) is 0.335. The Labute approximate surface area is 116 Å². The van der Waals surface area contributed by atoms with Gasteiger partial charge in [-0.3, -0.25) is 4.79 Å². The zero-order valence-electron chi connectivity index (χ0n) is 9.71. The number of benzene rings is 1. The maximum atomic E-state index is 11.9. The van der Waals surface area contributed by atoms with Gasteiger partial charge in [0.05, 0.1) is 28.9 Å². The number of hydrogen-bond donors (Lipinski definition) is 2. The van der Waals surface area contributed by atoms with Gasteiger partial charge >= 0.3 is 0 Å². The van der Waals surface area contributed by atoms with Crippen LogP contribution < -0.4 is 10.6 Å². The number of halogens is 2. The Morgan fingerprint density at radius 1 is 1.44 bits per heavy atom. The van der Waals surface area contributed by atoms with Crippen molar-refractivity contribution in [2.75, 3.05) is 25.1 Å². The molecule has 98 valence electrons. The van der Waals surface area contributed by atoms with E-state index in [9.17, 15) is 4.79 Å². The van der Waals surface area contributed by atoms with Crippen LogP contribution >= 0.6 is 23.2 Å². The molecular formula is C12H14Cl2N2O2. The van der Waals surface area contributed by atoms with E-state index < -0.39 is 0 Å². The van der Waals surface area contributed by atoms with Crippen molar-refractivity contribution in [1.82, 2.24) is 5.32 Å². The maximum Gasteiger partial charge on any atom is 0.226 e. The van der Waals surface area contributed by atoms with Crippen LogP contribution in [0.1, 0.15) is 6.42 Å². The molecule has 1 aliphatic rings. The van der Waals surface area contributed by atoms with Gasteiger partial charge in [-0.2, -0.15) is 0 Å². The van der Waals surface area contributed by atoms with Crippen molar-refractivity contribution in [3.8, 4) is 0 Å². The number of ether oxygens (including phenoxy) is 1. The lowest BCUT2D eigenvalue weighted by atomic mass is 10.2. The fraction of sp³-hybridized carbons (Fsp3) is 0.417. The summed E-state index contributed by atoms with van der Waals surface area (Å²) in [5.41, 5.74) is 0.461. The molecule has 2 rings (SSSR count). The maximum absolute atomic E-state index is 11.9. The molecule has 1 heterocycles. The molecule has 0 aromatic heterocycles. The van der Waals surface area contributed by atoms with Gasteiger partial charge in [-0.1, -0.05) is 29.3 Å². The summed E-state index contributed by atoms with van der Waals surface area (Å²) < 4.78 is 5.29. The molecule has 1 atom stereocenters. The van der Waals surface area contributed by atoms with E-state index in [0.29, 0.717) is 35.4 Å². The lowest BCUT2D eigenvalue weighted by Gasteiger charge is -2.23. The van der Waals surface area contributed by atoms with Gasteiger partial charge in [0.15, 0.2) is 0 Å². The summed E-state index contributed by atoms with van der Waals surface area (Å²) in [5.74, 6) is -0.131. The second-order valence-corrected chi connectivity index (χ2v) is 4.89. The van der Waals surface area contributed by atoms with Crippen molar-refractivity contribution in [2.45, 2.75) is 12.5 Å². The molecule has 1 aromatic rings. The van der Waals surface area contributed by atoms with Crippen LogP contribution in [0, 0.1) is 0 Å². The van der Waals surface area contributed by atoms with E-state index in [4.69, 9.17) is 27.9 Å². The average Bonchev–Trinajstić information content (AvgIpc) is 2.35. The minimum atomic E-state index is -0.131. The molecule has 1 unspecified atom stereocenters. The largest absolute Gasteiger partial charge is 0.378 e. The van der Waals surface area contributed by atoms with Gasteiger partial charge in [-0.15, -0.1) is 0 Å². The standard InChI is InChI=1S/C12H14Cl2N2O2/c13-9-2-1-3-10(14)12(9)16-11(17)6-8-7-18-5-4-15-8/h1-3,8,15H,4-7H2,(H,16,17). The Balaban J connectivity index is 1.94. The van der Waals surface area contributed by atoms with Crippen molar-refractivity contribution in [3.05, 3.63) is 28.2 Å². The number of anilines is 1. The fourth-order valence-electron chi connectivity index (χ4n) is 1.78. The van der Waals surface area contributed by atoms with Crippen LogP contribution in [0.2, 0.25) is 10.0 Å². The molecule has 0 saturated carbocycles. The SMILES string of the molecule is O=C(CC1COCCN1)Nc1c(Cl)cccc1Cl. The molecule has 1 aromatic carbocycles. The predicted octanol–water partition coefficient (Wildman–Crippen LogP) is 2.31. The van der Waals surface area contributed by atoms with Crippen molar-refractivity contribution in [3.63, 3.8) is 0 Å². The number of para-hydroxylation sites is 1. The molecule has 0 spiro atoms. The number of carbonyl (C=O) groups is 1. The van der Waals surface area contributed by atoms with Crippen molar-refractivity contribution >= 4 is 34.8 Å². The van der Waals surface area contributed by atoms with Gasteiger partial charge in [0.2, 0.25) is 5.91 Å². The minimum Gasteiger partial charge on any atom is -0.378 e. The smallest absolute Gasteiger partial charge is 0.226 e. The van der Waals surface area contributed by atoms with E-state index >= 15 is 0 Å². The Morgan fingerprint density at radius 3 is 2.78 bits per heavy atom. The van der Waals surface area contributed by atoms with Crippen LogP contribution in [0.5, 0.6) is 0 Å². The number of morpholine rings is 1. The molecule has 2 N–H and O–H groups in total. The van der Waals surface area contributed by atoms with Crippen LogP contribution in [0.3, 0.4) is 0 Å². The lowest BCUT2D eigenvalue weighted by molar-refractivity contribution is -0.117. The molecule has 0 aliphatic carbocycles. The zero-order valence-corrected chi connectivity index (χ0v) is 11.2. The zero-order chi connectivity index (χ0) is 13.0. The monoisotopic (exact) mass is 288 g/mol. The number of hydrogen-bond acceptors (Lipinski definition) is 3. The summed E-state index contributed by atoms with van der Waals surface area (Å²) >= 11 is 12.0. The molecule has 4 nitrogen and oxygen atoms in total. The van der Waals surface area contributed by atoms with E-state index in [1.54, 1.807) is 18.2 Å². The molecular weight excluding hydrogens is 275 g/mol. The quantitative estimate of drug-likeness (QED) is 0.897. The number of rotatable bonds is 3. The van der Waals surface area contributed by atoms with E-state index in [1.165, 1.54) is 0 Å². The molecule has 1 fully saturated rings. The van der Waals surface area contributed by atoms with Crippen LogP contribution in [0.15, 0.2) is 18.2 Å². The average molecular weight is 289 g/mol. The lowest BCUT2D eigenvalue weighted by Crippen LogP contribution is -2.43. The summed E-state index contributed by atoms with van der Waals surface area (Å²) in [4.78, 5) is 11.9. The Kier molecular flexibility index (Phi) is 4.83. The fourth-order valence-corrected chi connectivity index (χ4v) is 2.27. The van der Waals surface area contributed by atoms with Crippen molar-refractivity contribution < 1.29 is 9.53 Å². The van der Waals surface area contributed by atoms with E-state index in [0.717, 1.165) is 6.54 Å². The van der Waals surface area contributed by atoms with Crippen LogP contribution in [0.4, 0.5) is 5.69 Å². The highest BCUT2D eigenvalue weighted by atomic mass is 35.5. The van der Waals surface area contributed by atoms with E-state index in [1.807, 2.05) is 0 Å². The molecule has 1 amide bonds. The second-order valence-electron chi connectivity index (χ2n) is 4.07. The van der Waals surface area contributed by atoms with Gasteiger partial charge in [-0.05, 0) is 12.1 Å². The molecule has 6 heteroatoms. The van der Waals surface area contributed by atoms with Gasteiger partial charge in [0.1, 0.15) is 0 Å². The highest BCUT2D eigenvalue weighted by Gasteiger charge is 2.18. The van der Waals surface area contributed by atoms with Crippen LogP contribution in [-0.2, 0) is 9.53 Å². The third kappa shape index (κ3) is 3.59. The Bertz CT molecular complexity index is 414. The first-order valence-corrected chi connectivity index (χ1v) is 6.47. The molecule has 1 aliphatic heterocycles. The van der Waals surface area contributed by atoms with Crippen LogP contribution in [0.25, 0.3) is 0 Å². The van der Waals surface area contributed by atoms with Gasteiger partial charge < -0.3 is 15.4 Å². The third-order valence-electron chi connectivity index (χ3n) is 2.66. The van der Waals surface area contributed by atoms with Gasteiger partial charge in [0, 0.05) is 19.0 Å². The third-order valence-corrected chi connectivity index (χ3v) is 3.29. The topological polar surface area (TPSA) is 50.4 Å². The van der Waals surface area contributed by atoms with Gasteiger partial charge in [0.25, 0.3) is 0 Å². The first-order chi connectivity index (χ1) is 8.66. The minimum absolute atomic E-state index is 0.0417. The first-order valence-electron chi connectivity index (χ1n) is 5.72. The van der Waals surface area contributed by atoms with Crippen molar-refractivity contribution in [1.29, 1.82) is 0 Å². The molecule has 0 radical (unpaired) electrons. The summed E-state index contributed by atoms with van der Waals surface area (Å²) in [6, 6.07) is 5.15. The highest BCUT2D eigenvalue weighted by Crippen LogP contribution is 2.29. The molecule has 0 bridgehead atoms. The van der Waals surface area contributed by atoms with Gasteiger partial charge in [-0.25, -0.2) is 0 Å². The number of carbonyl (C=O) groups excluding carboxylic acids is 1. The predicted molar refractivity (Wildman–Crippen MR) is 72.3 cm³/mol. The Hall–Kier alpha value is -0.810. The summed E-state index contributed by atoms with van der Waals surface area (Å²) in [6.45, 7) is 2.00. The van der Waals surface area contributed by atoms with E-state index in [2.05, 4.69) is 10.6 Å². The molecule has 18 heavy (non-hydrogen) atoms. The summed E-state index contributed by atoms with van der Waals surface area (Å²) in [5, 5.41) is 6.81. The summed E-state index contributed by atoms with van der Waals surface area (Å²) in [7, 11) is 0. The van der Waals surface area contributed by atoms with E-state index in [-0.39, 0.29) is 11.9 Å².